The summed E-state index contributed by atoms with van der Waals surface area (Å²) in [5.41, 5.74) is 3.37. The maximum absolute atomic E-state index is 12.9. The lowest BCUT2D eigenvalue weighted by Gasteiger charge is -2.20. The Morgan fingerprint density at radius 1 is 1.00 bits per heavy atom. The number of para-hydroxylation sites is 1. The Kier molecular flexibility index (Phi) is 5.59. The van der Waals surface area contributed by atoms with E-state index in [1.54, 1.807) is 17.2 Å². The molecule has 0 radical (unpaired) electrons. The summed E-state index contributed by atoms with van der Waals surface area (Å²) in [6.45, 7) is 4.63. The van der Waals surface area contributed by atoms with Crippen LogP contribution in [0.5, 0.6) is 0 Å². The molecule has 0 aliphatic carbocycles. The third-order valence-electron chi connectivity index (χ3n) is 4.12. The minimum absolute atomic E-state index is 0.148. The maximum atomic E-state index is 12.9. The minimum atomic E-state index is -0.148. The van der Waals surface area contributed by atoms with Gasteiger partial charge in [-0.15, -0.1) is 0 Å². The number of nitrogens with zero attached hydrogens (tertiary/aromatic N) is 3. The number of aromatic nitrogens is 2. The Morgan fingerprint density at radius 3 is 2.38 bits per heavy atom. The van der Waals surface area contributed by atoms with Gasteiger partial charge in [-0.2, -0.15) is 0 Å². The van der Waals surface area contributed by atoms with Gasteiger partial charge in [-0.25, -0.2) is 9.97 Å². The van der Waals surface area contributed by atoms with E-state index in [9.17, 15) is 4.79 Å². The molecule has 0 fully saturated rings. The van der Waals surface area contributed by atoms with Gasteiger partial charge in [0.2, 0.25) is 5.95 Å². The Balaban J connectivity index is 1.80. The van der Waals surface area contributed by atoms with Crippen LogP contribution >= 0.6 is 0 Å². The quantitative estimate of drug-likeness (QED) is 0.716. The molecule has 1 N–H and O–H groups in total. The molecule has 3 aromatic rings. The lowest BCUT2D eigenvalue weighted by molar-refractivity contribution is 0.0983. The van der Waals surface area contributed by atoms with E-state index in [1.807, 2.05) is 49.4 Å². The summed E-state index contributed by atoms with van der Waals surface area (Å²) in [6.07, 6.45) is 2.59. The van der Waals surface area contributed by atoms with Crippen molar-refractivity contribution in [2.45, 2.75) is 20.3 Å². The van der Waals surface area contributed by atoms with Crippen molar-refractivity contribution in [3.8, 4) is 0 Å². The third-order valence-corrected chi connectivity index (χ3v) is 4.12. The average Bonchev–Trinajstić information content (AvgIpc) is 2.70. The Morgan fingerprint density at radius 2 is 1.73 bits per heavy atom. The van der Waals surface area contributed by atoms with Crippen LogP contribution in [0.1, 0.15) is 29.9 Å². The predicted molar refractivity (Wildman–Crippen MR) is 105 cm³/mol. The second-order valence-electron chi connectivity index (χ2n) is 5.83. The molecule has 0 spiro atoms. The van der Waals surface area contributed by atoms with E-state index in [0.717, 1.165) is 17.8 Å². The predicted octanol–water partition coefficient (Wildman–Crippen LogP) is 4.45. The second-order valence-corrected chi connectivity index (χ2v) is 5.83. The van der Waals surface area contributed by atoms with Crippen LogP contribution in [0.25, 0.3) is 0 Å². The Hall–Kier alpha value is -3.21. The zero-order valence-corrected chi connectivity index (χ0v) is 15.0. The number of aryl methyl sites for hydroxylation is 1. The van der Waals surface area contributed by atoms with Crippen molar-refractivity contribution >= 4 is 23.2 Å². The normalized spacial score (nSPS) is 10.4. The molecule has 0 saturated carbocycles. The molecule has 0 aliphatic heterocycles. The van der Waals surface area contributed by atoms with Gasteiger partial charge in [-0.05, 0) is 49.2 Å². The standard InChI is InChI=1S/C21H22N4O/c1-3-16-10-12-17(13-11-16)23-21-22-15-14-19(24-21)20(26)25(4-2)18-8-6-5-7-9-18/h5-15H,3-4H2,1-2H3,(H,22,23,24). The summed E-state index contributed by atoms with van der Waals surface area (Å²) in [7, 11) is 0. The number of carbonyl (C=O) groups excluding carboxylic acids is 1. The molecule has 5 heteroatoms. The molecule has 0 aliphatic rings. The highest BCUT2D eigenvalue weighted by atomic mass is 16.2. The summed E-state index contributed by atoms with van der Waals surface area (Å²) < 4.78 is 0. The molecule has 1 heterocycles. The molecule has 0 unspecified atom stereocenters. The average molecular weight is 346 g/mol. The first-order valence-electron chi connectivity index (χ1n) is 8.77. The molecule has 3 rings (SSSR count). The summed E-state index contributed by atoms with van der Waals surface area (Å²) in [4.78, 5) is 23.2. The molecule has 0 saturated heterocycles. The summed E-state index contributed by atoms with van der Waals surface area (Å²) >= 11 is 0. The monoisotopic (exact) mass is 346 g/mol. The number of anilines is 3. The molecule has 0 bridgehead atoms. The first-order valence-corrected chi connectivity index (χ1v) is 8.77. The van der Waals surface area contributed by atoms with Crippen molar-refractivity contribution in [3.63, 3.8) is 0 Å². The van der Waals surface area contributed by atoms with Crippen molar-refractivity contribution < 1.29 is 4.79 Å². The highest BCUT2D eigenvalue weighted by molar-refractivity contribution is 6.04. The summed E-state index contributed by atoms with van der Waals surface area (Å²) in [6, 6.07) is 19.3. The van der Waals surface area contributed by atoms with Gasteiger partial charge in [0.25, 0.3) is 5.91 Å². The number of carbonyl (C=O) groups is 1. The van der Waals surface area contributed by atoms with Crippen LogP contribution in [0.15, 0.2) is 66.9 Å². The highest BCUT2D eigenvalue weighted by Gasteiger charge is 2.17. The van der Waals surface area contributed by atoms with Crippen molar-refractivity contribution in [2.75, 3.05) is 16.8 Å². The zero-order chi connectivity index (χ0) is 18.4. The molecule has 26 heavy (non-hydrogen) atoms. The van der Waals surface area contributed by atoms with Crippen LogP contribution in [0.2, 0.25) is 0 Å². The zero-order valence-electron chi connectivity index (χ0n) is 15.0. The van der Waals surface area contributed by atoms with Gasteiger partial charge >= 0.3 is 0 Å². The Labute approximate surface area is 153 Å². The van der Waals surface area contributed by atoms with Gasteiger partial charge in [0.1, 0.15) is 5.69 Å². The van der Waals surface area contributed by atoms with Gasteiger partial charge in [0, 0.05) is 24.1 Å². The van der Waals surface area contributed by atoms with Gasteiger partial charge in [0.05, 0.1) is 0 Å². The van der Waals surface area contributed by atoms with Crippen molar-refractivity contribution in [2.24, 2.45) is 0 Å². The highest BCUT2D eigenvalue weighted by Crippen LogP contribution is 2.18. The third kappa shape index (κ3) is 4.06. The number of hydrogen-bond acceptors (Lipinski definition) is 4. The van der Waals surface area contributed by atoms with E-state index in [0.29, 0.717) is 18.2 Å². The minimum Gasteiger partial charge on any atom is -0.324 e. The topological polar surface area (TPSA) is 58.1 Å². The van der Waals surface area contributed by atoms with Crippen LogP contribution in [0, 0.1) is 0 Å². The fourth-order valence-electron chi connectivity index (χ4n) is 2.68. The lowest BCUT2D eigenvalue weighted by atomic mass is 10.1. The summed E-state index contributed by atoms with van der Waals surface area (Å²) in [5.74, 6) is 0.259. The van der Waals surface area contributed by atoms with Gasteiger partial charge in [-0.1, -0.05) is 37.3 Å². The number of nitrogens with one attached hydrogen (secondary N) is 1. The number of rotatable bonds is 6. The van der Waals surface area contributed by atoms with Crippen LogP contribution in [0.3, 0.4) is 0 Å². The number of benzene rings is 2. The van der Waals surface area contributed by atoms with Crippen molar-refractivity contribution in [3.05, 3.63) is 78.1 Å². The molecule has 2 aromatic carbocycles. The molecule has 132 valence electrons. The van der Waals surface area contributed by atoms with Crippen molar-refractivity contribution in [1.82, 2.24) is 9.97 Å². The smallest absolute Gasteiger partial charge is 0.277 e. The van der Waals surface area contributed by atoms with E-state index in [4.69, 9.17) is 0 Å². The number of hydrogen-bond donors (Lipinski definition) is 1. The first kappa shape index (κ1) is 17.6. The van der Waals surface area contributed by atoms with Gasteiger partial charge < -0.3 is 10.2 Å². The van der Waals surface area contributed by atoms with Crippen LogP contribution in [-0.2, 0) is 6.42 Å². The molecule has 0 atom stereocenters. The molecular weight excluding hydrogens is 324 g/mol. The largest absolute Gasteiger partial charge is 0.324 e. The van der Waals surface area contributed by atoms with Crippen molar-refractivity contribution in [1.29, 1.82) is 0 Å². The molecule has 1 aromatic heterocycles. The van der Waals surface area contributed by atoms with E-state index in [1.165, 1.54) is 5.56 Å². The van der Waals surface area contributed by atoms with Crippen LogP contribution in [-0.4, -0.2) is 22.4 Å². The Bertz CT molecular complexity index is 863. The fraction of sp³-hybridized carbons (Fsp3) is 0.190. The van der Waals surface area contributed by atoms with Gasteiger partial charge in [-0.3, -0.25) is 4.79 Å². The van der Waals surface area contributed by atoms with E-state index >= 15 is 0 Å². The fourth-order valence-corrected chi connectivity index (χ4v) is 2.68. The van der Waals surface area contributed by atoms with E-state index < -0.39 is 0 Å². The number of amides is 1. The SMILES string of the molecule is CCc1ccc(Nc2nccc(C(=O)N(CC)c3ccccc3)n2)cc1. The van der Waals surface area contributed by atoms with Crippen LogP contribution in [0.4, 0.5) is 17.3 Å². The molecular formula is C21H22N4O. The van der Waals surface area contributed by atoms with Gasteiger partial charge in [0.15, 0.2) is 0 Å². The molecule has 1 amide bonds. The molecule has 5 nitrogen and oxygen atoms in total. The maximum Gasteiger partial charge on any atom is 0.277 e. The summed E-state index contributed by atoms with van der Waals surface area (Å²) in [5, 5.41) is 3.15. The first-order chi connectivity index (χ1) is 12.7. The van der Waals surface area contributed by atoms with E-state index in [-0.39, 0.29) is 5.91 Å². The second kappa shape index (κ2) is 8.25. The van der Waals surface area contributed by atoms with Crippen LogP contribution < -0.4 is 10.2 Å². The lowest BCUT2D eigenvalue weighted by Crippen LogP contribution is -2.31. The van der Waals surface area contributed by atoms with E-state index in [2.05, 4.69) is 34.3 Å².